The molecule has 0 spiro atoms. The summed E-state index contributed by atoms with van der Waals surface area (Å²) < 4.78 is 0. The second-order valence-electron chi connectivity index (χ2n) is 4.39. The number of Topliss-reactive ketones (excluding diaryl/α,β-unsaturated/α-hetero) is 1. The standard InChI is InChI=1S/C13H18N2O/c1-11(16)13(12-5-7-14-8-6-12)15-9-3-2-4-10-15/h5-8,13H,2-4,9-10H2,1H3. The molecular weight excluding hydrogens is 200 g/mol. The van der Waals surface area contributed by atoms with E-state index in [2.05, 4.69) is 9.88 Å². The second kappa shape index (κ2) is 5.21. The van der Waals surface area contributed by atoms with E-state index in [1.807, 2.05) is 12.1 Å². The lowest BCUT2D eigenvalue weighted by Crippen LogP contribution is -2.37. The summed E-state index contributed by atoms with van der Waals surface area (Å²) in [4.78, 5) is 18.1. The van der Waals surface area contributed by atoms with Crippen LogP contribution in [-0.2, 0) is 4.79 Å². The van der Waals surface area contributed by atoms with Crippen LogP contribution in [0.4, 0.5) is 0 Å². The molecule has 3 heteroatoms. The topological polar surface area (TPSA) is 33.2 Å². The first-order chi connectivity index (χ1) is 7.79. The number of aromatic nitrogens is 1. The van der Waals surface area contributed by atoms with Gasteiger partial charge in [0.25, 0.3) is 0 Å². The van der Waals surface area contributed by atoms with Crippen molar-refractivity contribution >= 4 is 5.78 Å². The average Bonchev–Trinajstić information content (AvgIpc) is 2.31. The first-order valence-corrected chi connectivity index (χ1v) is 5.93. The first kappa shape index (κ1) is 11.3. The van der Waals surface area contributed by atoms with Crippen LogP contribution in [-0.4, -0.2) is 28.8 Å². The van der Waals surface area contributed by atoms with Gasteiger partial charge < -0.3 is 0 Å². The number of carbonyl (C=O) groups excluding carboxylic acids is 1. The van der Waals surface area contributed by atoms with Crippen molar-refractivity contribution in [2.24, 2.45) is 0 Å². The largest absolute Gasteiger partial charge is 0.298 e. The van der Waals surface area contributed by atoms with Crippen LogP contribution in [0, 0.1) is 0 Å². The van der Waals surface area contributed by atoms with E-state index in [1.165, 1.54) is 19.3 Å². The highest BCUT2D eigenvalue weighted by atomic mass is 16.1. The summed E-state index contributed by atoms with van der Waals surface area (Å²) in [6, 6.07) is 3.82. The molecule has 2 rings (SSSR count). The lowest BCUT2D eigenvalue weighted by atomic mass is 10.00. The predicted molar refractivity (Wildman–Crippen MR) is 63.1 cm³/mol. The molecule has 2 heterocycles. The molecule has 0 bridgehead atoms. The van der Waals surface area contributed by atoms with Crippen molar-refractivity contribution < 1.29 is 4.79 Å². The minimum absolute atomic E-state index is 0.0664. The zero-order valence-electron chi connectivity index (χ0n) is 9.72. The molecule has 0 saturated carbocycles. The lowest BCUT2D eigenvalue weighted by molar-refractivity contribution is -0.122. The number of pyridine rings is 1. The summed E-state index contributed by atoms with van der Waals surface area (Å²) in [6.45, 7) is 3.75. The molecule has 1 aromatic rings. The molecule has 0 aliphatic carbocycles. The van der Waals surface area contributed by atoms with Crippen LogP contribution in [0.2, 0.25) is 0 Å². The molecule has 86 valence electrons. The van der Waals surface area contributed by atoms with Crippen molar-refractivity contribution in [1.29, 1.82) is 0 Å². The van der Waals surface area contributed by atoms with E-state index in [0.717, 1.165) is 18.7 Å². The van der Waals surface area contributed by atoms with E-state index in [1.54, 1.807) is 19.3 Å². The monoisotopic (exact) mass is 218 g/mol. The summed E-state index contributed by atoms with van der Waals surface area (Å²) in [5.74, 6) is 0.230. The second-order valence-corrected chi connectivity index (χ2v) is 4.39. The van der Waals surface area contributed by atoms with Crippen LogP contribution < -0.4 is 0 Å². The highest BCUT2D eigenvalue weighted by Gasteiger charge is 2.25. The van der Waals surface area contributed by atoms with Gasteiger partial charge in [-0.2, -0.15) is 0 Å². The number of carbonyl (C=O) groups is 1. The van der Waals surface area contributed by atoms with Gasteiger partial charge in [0.15, 0.2) is 5.78 Å². The summed E-state index contributed by atoms with van der Waals surface area (Å²) >= 11 is 0. The van der Waals surface area contributed by atoms with Gasteiger partial charge in [-0.05, 0) is 50.6 Å². The number of nitrogens with zero attached hydrogens (tertiary/aromatic N) is 2. The van der Waals surface area contributed by atoms with Crippen molar-refractivity contribution in [3.05, 3.63) is 30.1 Å². The third-order valence-electron chi connectivity index (χ3n) is 3.16. The molecule has 1 aromatic heterocycles. The maximum absolute atomic E-state index is 11.8. The van der Waals surface area contributed by atoms with Crippen molar-refractivity contribution in [2.45, 2.75) is 32.2 Å². The van der Waals surface area contributed by atoms with Gasteiger partial charge in [-0.25, -0.2) is 0 Å². The number of ketones is 1. The Morgan fingerprint density at radius 2 is 1.88 bits per heavy atom. The van der Waals surface area contributed by atoms with Crippen LogP contribution in [0.3, 0.4) is 0 Å². The van der Waals surface area contributed by atoms with Crippen molar-refractivity contribution in [1.82, 2.24) is 9.88 Å². The fourth-order valence-electron chi connectivity index (χ4n) is 2.42. The summed E-state index contributed by atoms with van der Waals surface area (Å²) in [7, 11) is 0. The van der Waals surface area contributed by atoms with Gasteiger partial charge >= 0.3 is 0 Å². The Morgan fingerprint density at radius 1 is 1.25 bits per heavy atom. The molecule has 1 aliphatic heterocycles. The minimum Gasteiger partial charge on any atom is -0.298 e. The summed E-state index contributed by atoms with van der Waals surface area (Å²) in [6.07, 6.45) is 7.21. The molecule has 1 saturated heterocycles. The third-order valence-corrected chi connectivity index (χ3v) is 3.16. The van der Waals surface area contributed by atoms with Crippen LogP contribution in [0.1, 0.15) is 37.8 Å². The molecule has 0 N–H and O–H groups in total. The van der Waals surface area contributed by atoms with Crippen LogP contribution in [0.15, 0.2) is 24.5 Å². The van der Waals surface area contributed by atoms with Gasteiger partial charge in [-0.1, -0.05) is 6.42 Å². The van der Waals surface area contributed by atoms with E-state index >= 15 is 0 Å². The van der Waals surface area contributed by atoms with E-state index < -0.39 is 0 Å². The number of rotatable bonds is 3. The smallest absolute Gasteiger partial charge is 0.151 e. The third kappa shape index (κ3) is 2.47. The summed E-state index contributed by atoms with van der Waals surface area (Å²) in [5, 5.41) is 0. The Kier molecular flexibility index (Phi) is 3.67. The van der Waals surface area contributed by atoms with Crippen molar-refractivity contribution in [3.63, 3.8) is 0 Å². The van der Waals surface area contributed by atoms with Gasteiger partial charge in [-0.15, -0.1) is 0 Å². The molecule has 0 radical (unpaired) electrons. The van der Waals surface area contributed by atoms with Crippen molar-refractivity contribution in [2.75, 3.05) is 13.1 Å². The summed E-state index contributed by atoms with van der Waals surface area (Å²) in [5.41, 5.74) is 1.07. The molecule has 16 heavy (non-hydrogen) atoms. The number of hydrogen-bond donors (Lipinski definition) is 0. The molecule has 0 amide bonds. The fourth-order valence-corrected chi connectivity index (χ4v) is 2.42. The van der Waals surface area contributed by atoms with Gasteiger partial charge in [0, 0.05) is 12.4 Å². The van der Waals surface area contributed by atoms with E-state index in [4.69, 9.17) is 0 Å². The van der Waals surface area contributed by atoms with E-state index in [-0.39, 0.29) is 11.8 Å². The lowest BCUT2D eigenvalue weighted by Gasteiger charge is -2.33. The van der Waals surface area contributed by atoms with Crippen LogP contribution in [0.5, 0.6) is 0 Å². The predicted octanol–water partition coefficient (Wildman–Crippen LogP) is 2.20. The molecular formula is C13H18N2O. The van der Waals surface area contributed by atoms with E-state index in [9.17, 15) is 4.79 Å². The first-order valence-electron chi connectivity index (χ1n) is 5.93. The van der Waals surface area contributed by atoms with Gasteiger partial charge in [0.2, 0.25) is 0 Å². The quantitative estimate of drug-likeness (QED) is 0.779. The van der Waals surface area contributed by atoms with Crippen LogP contribution in [0.25, 0.3) is 0 Å². The fraction of sp³-hybridized carbons (Fsp3) is 0.538. The molecule has 0 aromatic carbocycles. The number of hydrogen-bond acceptors (Lipinski definition) is 3. The Balaban J connectivity index is 2.20. The zero-order valence-corrected chi connectivity index (χ0v) is 9.72. The van der Waals surface area contributed by atoms with Gasteiger partial charge in [0.1, 0.15) is 0 Å². The normalized spacial score (nSPS) is 19.3. The van der Waals surface area contributed by atoms with Crippen molar-refractivity contribution in [3.8, 4) is 0 Å². The number of piperidine rings is 1. The van der Waals surface area contributed by atoms with Crippen LogP contribution >= 0.6 is 0 Å². The van der Waals surface area contributed by atoms with E-state index in [0.29, 0.717) is 0 Å². The highest BCUT2D eigenvalue weighted by molar-refractivity contribution is 5.82. The zero-order chi connectivity index (χ0) is 11.4. The Labute approximate surface area is 96.5 Å². The highest BCUT2D eigenvalue weighted by Crippen LogP contribution is 2.24. The van der Waals surface area contributed by atoms with Gasteiger partial charge in [0.05, 0.1) is 6.04 Å². The SMILES string of the molecule is CC(=O)C(c1ccncc1)N1CCCCC1. The Hall–Kier alpha value is -1.22. The molecule has 1 fully saturated rings. The molecule has 1 atom stereocenters. The Morgan fingerprint density at radius 3 is 2.44 bits per heavy atom. The molecule has 1 aliphatic rings. The number of likely N-dealkylation sites (tertiary alicyclic amines) is 1. The average molecular weight is 218 g/mol. The molecule has 1 unspecified atom stereocenters. The van der Waals surface area contributed by atoms with Gasteiger partial charge in [-0.3, -0.25) is 14.7 Å². The maximum Gasteiger partial charge on any atom is 0.151 e. The molecule has 3 nitrogen and oxygen atoms in total. The Bertz CT molecular complexity index is 344. The minimum atomic E-state index is -0.0664. The maximum atomic E-state index is 11.8.